The maximum absolute atomic E-state index is 14.8. The molecule has 0 unspecified atom stereocenters. The number of nitrogens with one attached hydrogen (secondary N) is 4. The fraction of sp³-hybridized carbons (Fsp3) is 0.391. The van der Waals surface area contributed by atoms with Crippen molar-refractivity contribution in [3.63, 3.8) is 0 Å². The van der Waals surface area contributed by atoms with Gasteiger partial charge >= 0.3 is 22.8 Å². The highest BCUT2D eigenvalue weighted by atomic mass is 32.3. The molecule has 6 heterocycles. The molecule has 77 heavy (non-hydrogen) atoms. The van der Waals surface area contributed by atoms with Crippen LogP contribution in [0.2, 0.25) is 0 Å². The van der Waals surface area contributed by atoms with Crippen LogP contribution in [0.15, 0.2) is 49.1 Å². The quantitative estimate of drug-likeness (QED) is 0.0518. The number of anilines is 2. The Morgan fingerprint density at radius 1 is 0.662 bits per heavy atom. The third-order valence-corrected chi connectivity index (χ3v) is 12.6. The number of H-pyrrole nitrogens is 2. The molecule has 2 aliphatic rings. The van der Waals surface area contributed by atoms with Crippen molar-refractivity contribution in [2.45, 2.75) is 89.9 Å². The van der Waals surface area contributed by atoms with Gasteiger partial charge in [-0.25, -0.2) is 17.6 Å². The van der Waals surface area contributed by atoms with Crippen molar-refractivity contribution in [1.82, 2.24) is 50.6 Å². The molecule has 2 amide bonds. The van der Waals surface area contributed by atoms with Gasteiger partial charge in [0.15, 0.2) is 0 Å². The number of aryl methyl sites for hydroxylation is 4. The lowest BCUT2D eigenvalue weighted by molar-refractivity contribution is -0.149. The Morgan fingerprint density at radius 2 is 0.987 bits per heavy atom. The van der Waals surface area contributed by atoms with Gasteiger partial charge in [-0.2, -0.15) is 65.7 Å². The number of rotatable bonds is 12. The van der Waals surface area contributed by atoms with Crippen molar-refractivity contribution >= 4 is 33.6 Å². The predicted octanol–water partition coefficient (Wildman–Crippen LogP) is 7.30. The van der Waals surface area contributed by atoms with Crippen molar-refractivity contribution in [1.29, 1.82) is 10.5 Å². The lowest BCUT2D eigenvalue weighted by atomic mass is 9.86. The van der Waals surface area contributed by atoms with Crippen LogP contribution in [0.1, 0.15) is 70.2 Å². The average molecular weight is 1110 g/mol. The third-order valence-electron chi connectivity index (χ3n) is 12.6. The third kappa shape index (κ3) is 12.8. The summed E-state index contributed by atoms with van der Waals surface area (Å²) in [6.07, 6.45) is -2.54. The number of amides is 2. The summed E-state index contributed by atoms with van der Waals surface area (Å²) in [5, 5.41) is 45.0. The number of nitrogens with zero attached hydrogens (tertiary/aromatic N) is 10. The van der Waals surface area contributed by atoms with Crippen LogP contribution in [0, 0.1) is 73.6 Å². The van der Waals surface area contributed by atoms with E-state index in [0.29, 0.717) is 26.0 Å². The zero-order chi connectivity index (χ0) is 57.3. The molecule has 2 fully saturated rings. The van der Waals surface area contributed by atoms with Gasteiger partial charge in [0.1, 0.15) is 46.4 Å². The first-order valence-corrected chi connectivity index (χ1v) is 23.9. The van der Waals surface area contributed by atoms with Crippen LogP contribution in [0.5, 0.6) is 0 Å². The molecule has 2 atom stereocenters. The number of carbonyl (C=O) groups excluding carboxylic acids is 2. The van der Waals surface area contributed by atoms with Gasteiger partial charge in [-0.05, 0) is 53.7 Å². The summed E-state index contributed by atoms with van der Waals surface area (Å²) >= 11 is 0. The van der Waals surface area contributed by atoms with Crippen molar-refractivity contribution in [2.24, 2.45) is 0 Å². The SMILES string of the molecule is Cc1n[nH]c(C)c1-c1cnn(C2(CC#N)CN(c3cc(F)c(C(=O)N[C@@H](C)C(F)(F)F)cc3F)C2)c1.Cc1n[nH]c(C)c1-c1cnn(C2(CC#N)CN(c3cc(F)c(C(=O)N[C@@H](C)C(F)(F)F)cc3F)C2)c1.O=S(=O)(O)O. The molecule has 0 radical (unpaired) electrons. The van der Waals surface area contributed by atoms with E-state index >= 15 is 0 Å². The van der Waals surface area contributed by atoms with Gasteiger partial charge in [0.25, 0.3) is 11.8 Å². The van der Waals surface area contributed by atoms with Crippen molar-refractivity contribution in [2.75, 3.05) is 36.0 Å². The van der Waals surface area contributed by atoms with Crippen LogP contribution in [0.25, 0.3) is 22.3 Å². The van der Waals surface area contributed by atoms with Crippen LogP contribution in [-0.2, 0) is 21.5 Å². The van der Waals surface area contributed by atoms with E-state index in [9.17, 15) is 64.0 Å². The Balaban J connectivity index is 0.000000229. The molecule has 2 aliphatic heterocycles. The lowest BCUT2D eigenvalue weighted by Gasteiger charge is -2.50. The Hall–Kier alpha value is -8.03. The molecular formula is C46H46F10N14O6S. The lowest BCUT2D eigenvalue weighted by Crippen LogP contribution is -2.63. The molecule has 8 rings (SSSR count). The smallest absolute Gasteiger partial charge is 0.364 e. The molecule has 4 aromatic heterocycles. The van der Waals surface area contributed by atoms with E-state index in [4.69, 9.17) is 17.5 Å². The monoisotopic (exact) mass is 1110 g/mol. The summed E-state index contributed by atoms with van der Waals surface area (Å²) in [7, 11) is -4.67. The number of halogens is 10. The number of benzene rings is 2. The normalized spacial score (nSPS) is 15.5. The highest BCUT2D eigenvalue weighted by Crippen LogP contribution is 2.41. The predicted molar refractivity (Wildman–Crippen MR) is 252 cm³/mol. The Morgan fingerprint density at radius 3 is 1.26 bits per heavy atom. The minimum Gasteiger partial charge on any atom is -0.364 e. The second-order valence-electron chi connectivity index (χ2n) is 18.3. The Bertz CT molecular complexity index is 3130. The largest absolute Gasteiger partial charge is 0.408 e. The van der Waals surface area contributed by atoms with Gasteiger partial charge in [0, 0.05) is 84.3 Å². The Labute approximate surface area is 431 Å². The molecule has 6 N–H and O–H groups in total. The number of hydrogen-bond acceptors (Lipinski definition) is 12. The molecule has 2 saturated heterocycles. The van der Waals surface area contributed by atoms with Crippen LogP contribution >= 0.6 is 0 Å². The number of aromatic nitrogens is 8. The average Bonchev–Trinajstić information content (AvgIpc) is 4.11. The van der Waals surface area contributed by atoms with Gasteiger partial charge in [0.05, 0.1) is 71.3 Å². The van der Waals surface area contributed by atoms with Crippen molar-refractivity contribution in [3.8, 4) is 34.4 Å². The van der Waals surface area contributed by atoms with E-state index in [0.717, 1.165) is 57.2 Å². The maximum Gasteiger partial charge on any atom is 0.408 e. The van der Waals surface area contributed by atoms with Crippen molar-refractivity contribution < 1.29 is 71.0 Å². The second-order valence-corrected chi connectivity index (χ2v) is 19.2. The standard InChI is InChI=1S/2C23H22F5N7O.H2O4S/c2*1-12-20(13(2)33-32-12)15-8-30-35(9-15)22(4-5-29)10-34(11-22)19-7-17(24)16(6-18(19)25)21(36)31-14(3)23(26,27)28;1-5(2,3)4/h2*6-9,14H,4,10-11H2,1-3H3,(H,31,36)(H,32,33);(H2,1,2,3,4)/t2*14-;/m00./s1. The molecule has 0 bridgehead atoms. The van der Waals surface area contributed by atoms with E-state index < -0.39 is 92.1 Å². The van der Waals surface area contributed by atoms with E-state index in [1.54, 1.807) is 44.8 Å². The zero-order valence-corrected chi connectivity index (χ0v) is 42.0. The Kier molecular flexibility index (Phi) is 16.6. The summed E-state index contributed by atoms with van der Waals surface area (Å²) in [5.74, 6) is -7.03. The first-order valence-electron chi connectivity index (χ1n) is 22.5. The number of carbonyl (C=O) groups is 2. The topological polar surface area (TPSA) is 280 Å². The van der Waals surface area contributed by atoms with Gasteiger partial charge in [-0.3, -0.25) is 38.3 Å². The highest BCUT2D eigenvalue weighted by Gasteiger charge is 2.48. The minimum atomic E-state index is -4.73. The zero-order valence-electron chi connectivity index (χ0n) is 41.2. The molecule has 0 saturated carbocycles. The van der Waals surface area contributed by atoms with E-state index in [1.807, 2.05) is 27.7 Å². The van der Waals surface area contributed by atoms with Gasteiger partial charge < -0.3 is 20.4 Å². The fourth-order valence-electron chi connectivity index (χ4n) is 8.63. The van der Waals surface area contributed by atoms with Crippen molar-refractivity contribution in [3.05, 3.63) is 106 Å². The summed E-state index contributed by atoms with van der Waals surface area (Å²) in [5.41, 5.74) is 2.97. The van der Waals surface area contributed by atoms with Gasteiger partial charge in [-0.15, -0.1) is 0 Å². The summed E-state index contributed by atoms with van der Waals surface area (Å²) < 4.78 is 170. The molecule has 20 nitrogen and oxygen atoms in total. The molecule has 0 spiro atoms. The number of hydrogen-bond donors (Lipinski definition) is 6. The fourth-order valence-corrected chi connectivity index (χ4v) is 8.63. The van der Waals surface area contributed by atoms with E-state index in [1.165, 1.54) is 9.80 Å². The summed E-state index contributed by atoms with van der Waals surface area (Å²) in [6, 6.07) is 2.44. The van der Waals surface area contributed by atoms with Crippen LogP contribution in [0.4, 0.5) is 55.3 Å². The first-order chi connectivity index (χ1) is 35.7. The van der Waals surface area contributed by atoms with Crippen LogP contribution in [0.3, 0.4) is 0 Å². The molecule has 412 valence electrons. The van der Waals surface area contributed by atoms with E-state index in [-0.39, 0.29) is 50.4 Å². The molecule has 2 aromatic carbocycles. The molecule has 6 aromatic rings. The molecular weight excluding hydrogens is 1070 g/mol. The second kappa shape index (κ2) is 21.9. The minimum absolute atomic E-state index is 0.0495. The summed E-state index contributed by atoms with van der Waals surface area (Å²) in [6.45, 7) is 9.32. The first kappa shape index (κ1) is 58.2. The maximum atomic E-state index is 14.8. The molecule has 0 aliphatic carbocycles. The van der Waals surface area contributed by atoms with Gasteiger partial charge in [-0.1, -0.05) is 0 Å². The number of alkyl halides is 6. The van der Waals surface area contributed by atoms with Crippen LogP contribution < -0.4 is 20.4 Å². The van der Waals surface area contributed by atoms with Crippen LogP contribution in [-0.4, -0.2) is 120 Å². The van der Waals surface area contributed by atoms with Gasteiger partial charge in [0.2, 0.25) is 0 Å². The van der Waals surface area contributed by atoms with E-state index in [2.05, 4.69) is 42.7 Å². The number of aromatic amines is 2. The highest BCUT2D eigenvalue weighted by molar-refractivity contribution is 7.79. The number of nitriles is 2. The summed E-state index contributed by atoms with van der Waals surface area (Å²) in [4.78, 5) is 27.1. The molecule has 31 heteroatoms.